The fraction of sp³-hybridized carbons (Fsp3) is 0.391. The third-order valence-corrected chi connectivity index (χ3v) is 5.05. The Balaban J connectivity index is 1.55. The van der Waals surface area contributed by atoms with E-state index in [4.69, 9.17) is 21.1 Å². The van der Waals surface area contributed by atoms with Gasteiger partial charge < -0.3 is 9.47 Å². The zero-order valence-corrected chi connectivity index (χ0v) is 18.0. The summed E-state index contributed by atoms with van der Waals surface area (Å²) in [5, 5.41) is 4.77. The normalized spacial score (nSPS) is 14.6. The molecule has 1 aliphatic heterocycles. The van der Waals surface area contributed by atoms with Gasteiger partial charge in [0.2, 0.25) is 0 Å². The monoisotopic (exact) mass is 429 g/mol. The summed E-state index contributed by atoms with van der Waals surface area (Å²) in [5.41, 5.74) is 4.43. The predicted octanol–water partition coefficient (Wildman–Crippen LogP) is 4.25. The van der Waals surface area contributed by atoms with Crippen LogP contribution in [0.2, 0.25) is 5.02 Å². The predicted molar refractivity (Wildman–Crippen MR) is 119 cm³/mol. The second-order valence-corrected chi connectivity index (χ2v) is 7.62. The van der Waals surface area contributed by atoms with Crippen LogP contribution in [0, 0.1) is 0 Å². The summed E-state index contributed by atoms with van der Waals surface area (Å²) in [6.45, 7) is 5.20. The Morgan fingerprint density at radius 3 is 2.60 bits per heavy atom. The van der Waals surface area contributed by atoms with Crippen molar-refractivity contribution in [1.82, 2.24) is 10.3 Å². The molecule has 0 radical (unpaired) electrons. The molecular formula is C23H28ClN3O3. The van der Waals surface area contributed by atoms with E-state index < -0.39 is 0 Å². The van der Waals surface area contributed by atoms with Gasteiger partial charge in [0.25, 0.3) is 5.91 Å². The Bertz CT molecular complexity index is 849. The lowest BCUT2D eigenvalue weighted by Gasteiger charge is -2.25. The van der Waals surface area contributed by atoms with Crippen molar-refractivity contribution in [1.29, 1.82) is 0 Å². The highest BCUT2D eigenvalue weighted by Crippen LogP contribution is 2.29. The van der Waals surface area contributed by atoms with Crippen molar-refractivity contribution in [2.45, 2.75) is 32.8 Å². The fourth-order valence-electron chi connectivity index (χ4n) is 3.27. The van der Waals surface area contributed by atoms with E-state index in [1.54, 1.807) is 6.21 Å². The Morgan fingerprint density at radius 1 is 1.10 bits per heavy atom. The van der Waals surface area contributed by atoms with Crippen LogP contribution in [0.1, 0.15) is 37.3 Å². The van der Waals surface area contributed by atoms with E-state index in [1.807, 2.05) is 49.4 Å². The number of ether oxygens (including phenoxy) is 2. The van der Waals surface area contributed by atoms with Crippen LogP contribution < -0.4 is 14.9 Å². The molecule has 0 spiro atoms. The molecule has 2 aromatic carbocycles. The highest BCUT2D eigenvalue weighted by molar-refractivity contribution is 6.30. The molecule has 1 fully saturated rings. The maximum absolute atomic E-state index is 12.0. The minimum atomic E-state index is -0.0962. The molecule has 1 heterocycles. The summed E-state index contributed by atoms with van der Waals surface area (Å²) >= 11 is 5.92. The molecule has 2 aromatic rings. The molecule has 0 bridgehead atoms. The number of benzene rings is 2. The third-order valence-electron chi connectivity index (χ3n) is 4.79. The van der Waals surface area contributed by atoms with E-state index in [0.29, 0.717) is 36.3 Å². The highest BCUT2D eigenvalue weighted by atomic mass is 35.5. The fourth-order valence-corrected chi connectivity index (χ4v) is 3.39. The lowest BCUT2D eigenvalue weighted by atomic mass is 10.1. The first-order valence-corrected chi connectivity index (χ1v) is 10.7. The number of likely N-dealkylation sites (tertiary alicyclic amines) is 1. The summed E-state index contributed by atoms with van der Waals surface area (Å²) in [7, 11) is 0. The van der Waals surface area contributed by atoms with Crippen molar-refractivity contribution in [3.05, 3.63) is 58.6 Å². The summed E-state index contributed by atoms with van der Waals surface area (Å²) in [5.74, 6) is 1.19. The number of hydrogen-bond acceptors (Lipinski definition) is 5. The Labute approximate surface area is 182 Å². The van der Waals surface area contributed by atoms with E-state index in [1.165, 1.54) is 6.42 Å². The van der Waals surface area contributed by atoms with Gasteiger partial charge in [-0.15, -0.1) is 0 Å². The number of nitrogens with one attached hydrogen (secondary N) is 1. The largest absolute Gasteiger partial charge is 0.490 e. The van der Waals surface area contributed by atoms with Crippen molar-refractivity contribution in [3.8, 4) is 11.5 Å². The van der Waals surface area contributed by atoms with Crippen molar-refractivity contribution in [3.63, 3.8) is 0 Å². The van der Waals surface area contributed by atoms with Crippen LogP contribution in [0.25, 0.3) is 0 Å². The topological polar surface area (TPSA) is 63.2 Å². The number of hydrogen-bond donors (Lipinski definition) is 1. The van der Waals surface area contributed by atoms with Crippen molar-refractivity contribution >= 4 is 23.7 Å². The van der Waals surface area contributed by atoms with Gasteiger partial charge in [-0.25, -0.2) is 5.43 Å². The number of amides is 1. The lowest BCUT2D eigenvalue weighted by molar-refractivity contribution is -0.122. The minimum absolute atomic E-state index is 0.0962. The van der Waals surface area contributed by atoms with Gasteiger partial charge in [-0.2, -0.15) is 5.10 Å². The molecule has 160 valence electrons. The molecule has 0 aromatic heterocycles. The molecule has 30 heavy (non-hydrogen) atoms. The van der Waals surface area contributed by atoms with E-state index in [0.717, 1.165) is 37.1 Å². The van der Waals surface area contributed by atoms with Gasteiger partial charge in [-0.3, -0.25) is 9.69 Å². The number of hydrazone groups is 1. The Kier molecular flexibility index (Phi) is 8.53. The second kappa shape index (κ2) is 11.6. The molecule has 0 unspecified atom stereocenters. The molecule has 1 amide bonds. The average molecular weight is 430 g/mol. The van der Waals surface area contributed by atoms with E-state index in [2.05, 4.69) is 15.4 Å². The number of piperidine rings is 1. The number of carbonyl (C=O) groups excluding carboxylic acids is 1. The highest BCUT2D eigenvalue weighted by Gasteiger charge is 2.13. The zero-order chi connectivity index (χ0) is 21.2. The molecule has 1 saturated heterocycles. The third kappa shape index (κ3) is 7.04. The van der Waals surface area contributed by atoms with E-state index in [9.17, 15) is 4.79 Å². The molecule has 0 saturated carbocycles. The van der Waals surface area contributed by atoms with E-state index in [-0.39, 0.29) is 5.91 Å². The number of rotatable bonds is 9. The molecule has 0 atom stereocenters. The molecule has 1 aliphatic rings. The van der Waals surface area contributed by atoms with E-state index >= 15 is 0 Å². The lowest BCUT2D eigenvalue weighted by Crippen LogP contribution is -2.38. The number of nitrogens with zero attached hydrogens (tertiary/aromatic N) is 2. The van der Waals surface area contributed by atoms with Gasteiger partial charge in [0.05, 0.1) is 19.4 Å². The number of carbonyl (C=O) groups is 1. The zero-order valence-electron chi connectivity index (χ0n) is 17.3. The average Bonchev–Trinajstić information content (AvgIpc) is 2.75. The Morgan fingerprint density at radius 2 is 1.87 bits per heavy atom. The minimum Gasteiger partial charge on any atom is -0.490 e. The maximum Gasteiger partial charge on any atom is 0.254 e. The summed E-state index contributed by atoms with van der Waals surface area (Å²) < 4.78 is 11.6. The molecule has 6 nitrogen and oxygen atoms in total. The summed E-state index contributed by atoms with van der Waals surface area (Å²) in [6, 6.07) is 13.1. The van der Waals surface area contributed by atoms with Crippen LogP contribution in [0.5, 0.6) is 11.5 Å². The van der Waals surface area contributed by atoms with Gasteiger partial charge in [0.1, 0.15) is 6.61 Å². The van der Waals surface area contributed by atoms with Crippen LogP contribution in [0.3, 0.4) is 0 Å². The molecule has 0 aliphatic carbocycles. The van der Waals surface area contributed by atoms with Crippen molar-refractivity contribution in [2.24, 2.45) is 5.10 Å². The van der Waals surface area contributed by atoms with Crippen LogP contribution in [0.15, 0.2) is 47.6 Å². The first-order valence-electron chi connectivity index (χ1n) is 10.3. The Hall–Kier alpha value is -2.57. The SMILES string of the molecule is CCOc1cc(/C=N/NC(=O)CN2CCCCC2)ccc1OCc1ccc(Cl)cc1. The first kappa shape index (κ1) is 22.1. The van der Waals surface area contributed by atoms with Crippen LogP contribution >= 0.6 is 11.6 Å². The molecule has 3 rings (SSSR count). The standard InChI is InChI=1S/C23H28ClN3O3/c1-2-29-22-14-19(15-25-26-23(28)16-27-12-4-3-5-13-27)8-11-21(22)30-17-18-6-9-20(24)10-7-18/h6-11,14-15H,2-5,12-13,16-17H2,1H3,(H,26,28)/b25-15+. The van der Waals surface area contributed by atoms with Crippen molar-refractivity contribution in [2.75, 3.05) is 26.2 Å². The first-order chi connectivity index (χ1) is 14.6. The molecular weight excluding hydrogens is 402 g/mol. The van der Waals surface area contributed by atoms with Crippen molar-refractivity contribution < 1.29 is 14.3 Å². The molecule has 7 heteroatoms. The van der Waals surface area contributed by atoms with Gasteiger partial charge in [0.15, 0.2) is 11.5 Å². The molecule has 1 N–H and O–H groups in total. The quantitative estimate of drug-likeness (QED) is 0.478. The van der Waals surface area contributed by atoms with Gasteiger partial charge in [-0.05, 0) is 74.3 Å². The summed E-state index contributed by atoms with van der Waals surface area (Å²) in [4.78, 5) is 14.2. The van der Waals surface area contributed by atoms with Crippen LogP contribution in [-0.4, -0.2) is 43.3 Å². The second-order valence-electron chi connectivity index (χ2n) is 7.18. The van der Waals surface area contributed by atoms with Gasteiger partial charge in [-0.1, -0.05) is 30.2 Å². The van der Waals surface area contributed by atoms with Crippen LogP contribution in [0.4, 0.5) is 0 Å². The maximum atomic E-state index is 12.0. The van der Waals surface area contributed by atoms with Gasteiger partial charge >= 0.3 is 0 Å². The summed E-state index contributed by atoms with van der Waals surface area (Å²) in [6.07, 6.45) is 5.17. The van der Waals surface area contributed by atoms with Crippen LogP contribution in [-0.2, 0) is 11.4 Å². The smallest absolute Gasteiger partial charge is 0.254 e. The van der Waals surface area contributed by atoms with Gasteiger partial charge in [0, 0.05) is 5.02 Å². The number of halogens is 1.